The fourth-order valence-electron chi connectivity index (χ4n) is 1.47. The second kappa shape index (κ2) is 7.54. The molecule has 20 heavy (non-hydrogen) atoms. The number of rotatable bonds is 7. The first kappa shape index (κ1) is 18.8. The lowest BCUT2D eigenvalue weighted by molar-refractivity contribution is -0.156. The SMILES string of the molecule is C=C(C(=O)OCCC)C(CCC(F)(F)F)CC(F)(F)F. The Balaban J connectivity index is 4.74. The largest absolute Gasteiger partial charge is 0.462 e. The van der Waals surface area contributed by atoms with Crippen LogP contribution in [0.15, 0.2) is 12.2 Å². The van der Waals surface area contributed by atoms with Crippen molar-refractivity contribution in [3.05, 3.63) is 12.2 Å². The van der Waals surface area contributed by atoms with Crippen molar-refractivity contribution < 1.29 is 35.9 Å². The first-order valence-electron chi connectivity index (χ1n) is 5.95. The van der Waals surface area contributed by atoms with Crippen LogP contribution in [-0.2, 0) is 9.53 Å². The van der Waals surface area contributed by atoms with Gasteiger partial charge in [-0.2, -0.15) is 26.3 Å². The molecule has 0 aliphatic heterocycles. The van der Waals surface area contributed by atoms with Gasteiger partial charge in [0.2, 0.25) is 0 Å². The van der Waals surface area contributed by atoms with Gasteiger partial charge in [-0.3, -0.25) is 0 Å². The maximum absolute atomic E-state index is 12.3. The topological polar surface area (TPSA) is 26.3 Å². The highest BCUT2D eigenvalue weighted by Gasteiger charge is 2.37. The molecule has 0 aromatic heterocycles. The molecule has 0 N–H and O–H groups in total. The molecule has 0 aromatic rings. The Morgan fingerprint density at radius 3 is 2.10 bits per heavy atom. The summed E-state index contributed by atoms with van der Waals surface area (Å²) in [5, 5.41) is 0. The van der Waals surface area contributed by atoms with Gasteiger partial charge in [-0.15, -0.1) is 0 Å². The number of ether oxygens (including phenoxy) is 1. The zero-order chi connectivity index (χ0) is 16.0. The molecule has 0 bridgehead atoms. The molecule has 1 unspecified atom stereocenters. The summed E-state index contributed by atoms with van der Waals surface area (Å²) in [7, 11) is 0. The Kier molecular flexibility index (Phi) is 7.08. The lowest BCUT2D eigenvalue weighted by atomic mass is 9.91. The van der Waals surface area contributed by atoms with E-state index in [1.807, 2.05) is 0 Å². The maximum atomic E-state index is 12.3. The number of alkyl halides is 6. The van der Waals surface area contributed by atoms with Crippen LogP contribution in [0.5, 0.6) is 0 Å². The smallest absolute Gasteiger partial charge is 0.389 e. The van der Waals surface area contributed by atoms with Crippen molar-refractivity contribution in [2.24, 2.45) is 5.92 Å². The highest BCUT2D eigenvalue weighted by atomic mass is 19.4. The molecule has 1 atom stereocenters. The normalized spacial score (nSPS) is 13.9. The van der Waals surface area contributed by atoms with Gasteiger partial charge in [0.15, 0.2) is 0 Å². The van der Waals surface area contributed by atoms with Crippen molar-refractivity contribution >= 4 is 5.97 Å². The standard InChI is InChI=1S/C12H16F6O2/c1-3-6-20-10(19)8(2)9(7-12(16,17)18)4-5-11(13,14)15/h9H,2-7H2,1H3. The molecule has 0 aromatic carbocycles. The number of hydrogen-bond acceptors (Lipinski definition) is 2. The van der Waals surface area contributed by atoms with Gasteiger partial charge >= 0.3 is 18.3 Å². The van der Waals surface area contributed by atoms with E-state index in [1.165, 1.54) is 0 Å². The zero-order valence-corrected chi connectivity index (χ0v) is 10.9. The van der Waals surface area contributed by atoms with Crippen molar-refractivity contribution in [3.8, 4) is 0 Å². The summed E-state index contributed by atoms with van der Waals surface area (Å²) in [6.07, 6.45) is -12.6. The second-order valence-corrected chi connectivity index (χ2v) is 4.33. The van der Waals surface area contributed by atoms with E-state index in [4.69, 9.17) is 0 Å². The Bertz CT molecular complexity index is 332. The predicted molar refractivity (Wildman–Crippen MR) is 59.8 cm³/mol. The lowest BCUT2D eigenvalue weighted by Gasteiger charge is -2.20. The van der Waals surface area contributed by atoms with Crippen LogP contribution in [0, 0.1) is 5.92 Å². The molecule has 2 nitrogen and oxygen atoms in total. The minimum absolute atomic E-state index is 0.0180. The van der Waals surface area contributed by atoms with Crippen LogP contribution >= 0.6 is 0 Å². The molecule has 0 heterocycles. The molecule has 0 saturated carbocycles. The van der Waals surface area contributed by atoms with E-state index in [9.17, 15) is 31.1 Å². The first-order chi connectivity index (χ1) is 8.96. The van der Waals surface area contributed by atoms with Gasteiger partial charge < -0.3 is 4.74 Å². The fourth-order valence-corrected chi connectivity index (χ4v) is 1.47. The van der Waals surface area contributed by atoms with Crippen molar-refractivity contribution in [1.82, 2.24) is 0 Å². The fraction of sp³-hybridized carbons (Fsp3) is 0.750. The highest BCUT2D eigenvalue weighted by molar-refractivity contribution is 5.88. The summed E-state index contributed by atoms with van der Waals surface area (Å²) in [5.74, 6) is -2.70. The highest BCUT2D eigenvalue weighted by Crippen LogP contribution is 2.34. The summed E-state index contributed by atoms with van der Waals surface area (Å²) in [6, 6.07) is 0. The number of esters is 1. The molecule has 0 saturated heterocycles. The maximum Gasteiger partial charge on any atom is 0.389 e. The summed E-state index contributed by atoms with van der Waals surface area (Å²) < 4.78 is 77.8. The zero-order valence-electron chi connectivity index (χ0n) is 10.9. The molecular weight excluding hydrogens is 290 g/mol. The van der Waals surface area contributed by atoms with Crippen LogP contribution in [0.4, 0.5) is 26.3 Å². The molecule has 0 spiro atoms. The third kappa shape index (κ3) is 8.82. The molecule has 0 radical (unpaired) electrons. The summed E-state index contributed by atoms with van der Waals surface area (Å²) in [6.45, 7) is 4.81. The Morgan fingerprint density at radius 1 is 1.15 bits per heavy atom. The van der Waals surface area contributed by atoms with Gasteiger partial charge in [0, 0.05) is 12.0 Å². The van der Waals surface area contributed by atoms with E-state index in [-0.39, 0.29) is 6.61 Å². The third-order valence-corrected chi connectivity index (χ3v) is 2.45. The van der Waals surface area contributed by atoms with E-state index >= 15 is 0 Å². The average molecular weight is 306 g/mol. The molecule has 8 heteroatoms. The van der Waals surface area contributed by atoms with Crippen molar-refractivity contribution in [2.75, 3.05) is 6.61 Å². The van der Waals surface area contributed by atoms with Crippen LogP contribution < -0.4 is 0 Å². The number of hydrogen-bond donors (Lipinski definition) is 0. The van der Waals surface area contributed by atoms with Gasteiger partial charge in [0.25, 0.3) is 0 Å². The average Bonchev–Trinajstić information content (AvgIpc) is 2.28. The molecular formula is C12H16F6O2. The Labute approximate surface area is 112 Å². The van der Waals surface area contributed by atoms with E-state index in [2.05, 4.69) is 11.3 Å². The monoisotopic (exact) mass is 306 g/mol. The summed E-state index contributed by atoms with van der Waals surface area (Å²) >= 11 is 0. The Hall–Kier alpha value is -1.21. The van der Waals surface area contributed by atoms with Crippen LogP contribution in [-0.4, -0.2) is 24.9 Å². The van der Waals surface area contributed by atoms with Gasteiger partial charge in [-0.1, -0.05) is 13.5 Å². The van der Waals surface area contributed by atoms with Crippen LogP contribution in [0.1, 0.15) is 32.6 Å². The van der Waals surface area contributed by atoms with Crippen LogP contribution in [0.25, 0.3) is 0 Å². The van der Waals surface area contributed by atoms with Gasteiger partial charge in [0.1, 0.15) is 0 Å². The third-order valence-electron chi connectivity index (χ3n) is 2.45. The second-order valence-electron chi connectivity index (χ2n) is 4.33. The minimum Gasteiger partial charge on any atom is -0.462 e. The number of carbonyl (C=O) groups is 1. The minimum atomic E-state index is -4.68. The molecule has 118 valence electrons. The van der Waals surface area contributed by atoms with Crippen molar-refractivity contribution in [1.29, 1.82) is 0 Å². The number of halogens is 6. The van der Waals surface area contributed by atoms with E-state index < -0.39 is 49.1 Å². The van der Waals surface area contributed by atoms with Crippen LogP contribution in [0.3, 0.4) is 0 Å². The van der Waals surface area contributed by atoms with Crippen molar-refractivity contribution in [2.45, 2.75) is 45.0 Å². The van der Waals surface area contributed by atoms with E-state index in [0.717, 1.165) is 0 Å². The van der Waals surface area contributed by atoms with E-state index in [0.29, 0.717) is 6.42 Å². The van der Waals surface area contributed by atoms with Gasteiger partial charge in [-0.25, -0.2) is 4.79 Å². The van der Waals surface area contributed by atoms with Crippen LogP contribution in [0.2, 0.25) is 0 Å². The van der Waals surface area contributed by atoms with E-state index in [1.54, 1.807) is 6.92 Å². The predicted octanol–water partition coefficient (Wildman–Crippen LogP) is 4.41. The van der Waals surface area contributed by atoms with Crippen molar-refractivity contribution in [3.63, 3.8) is 0 Å². The first-order valence-corrected chi connectivity index (χ1v) is 5.95. The quantitative estimate of drug-likeness (QED) is 0.396. The summed E-state index contributed by atoms with van der Waals surface area (Å²) in [5.41, 5.74) is -0.569. The molecule has 0 aliphatic carbocycles. The molecule has 0 fully saturated rings. The van der Waals surface area contributed by atoms with Gasteiger partial charge in [0.05, 0.1) is 13.0 Å². The molecule has 0 aliphatic rings. The summed E-state index contributed by atoms with van der Waals surface area (Å²) in [4.78, 5) is 11.4. The molecule has 0 amide bonds. The molecule has 0 rings (SSSR count). The van der Waals surface area contributed by atoms with Gasteiger partial charge in [-0.05, 0) is 18.8 Å². The lowest BCUT2D eigenvalue weighted by Crippen LogP contribution is -2.23. The number of carbonyl (C=O) groups excluding carboxylic acids is 1. The Morgan fingerprint density at radius 2 is 1.70 bits per heavy atom.